The molecule has 0 atom stereocenters. The van der Waals surface area contributed by atoms with Gasteiger partial charge in [0.2, 0.25) is 0 Å². The smallest absolute Gasteiger partial charge is 0.252 e. The van der Waals surface area contributed by atoms with Crippen LogP contribution in [0.15, 0.2) is 60.8 Å². The van der Waals surface area contributed by atoms with E-state index in [4.69, 9.17) is 9.47 Å². The summed E-state index contributed by atoms with van der Waals surface area (Å²) in [5.41, 5.74) is 2.21. The van der Waals surface area contributed by atoms with Gasteiger partial charge in [-0.3, -0.25) is 9.59 Å². The highest BCUT2D eigenvalue weighted by molar-refractivity contribution is 6.15. The Kier molecular flexibility index (Phi) is 5.10. The molecule has 4 rings (SSSR count). The van der Waals surface area contributed by atoms with E-state index in [0.29, 0.717) is 54.4 Å². The molecule has 3 aromatic rings. The number of hydrogen-bond acceptors (Lipinski definition) is 4. The second-order valence-corrected chi connectivity index (χ2v) is 6.43. The Morgan fingerprint density at radius 2 is 1.71 bits per heavy atom. The number of carbonyl (C=O) groups is 2. The monoisotopic (exact) mass is 376 g/mol. The maximum absolute atomic E-state index is 13.0. The lowest BCUT2D eigenvalue weighted by atomic mass is 9.97. The van der Waals surface area contributed by atoms with Crippen molar-refractivity contribution < 1.29 is 19.1 Å². The predicted octanol–water partition coefficient (Wildman–Crippen LogP) is 2.99. The molecule has 0 bridgehead atoms. The Balaban J connectivity index is 1.52. The van der Waals surface area contributed by atoms with Crippen molar-refractivity contribution in [3.8, 4) is 11.5 Å². The van der Waals surface area contributed by atoms with E-state index in [1.165, 1.54) is 0 Å². The first-order valence-electron chi connectivity index (χ1n) is 9.16. The minimum atomic E-state index is -0.270. The number of ether oxygens (including phenoxy) is 2. The highest BCUT2D eigenvalue weighted by atomic mass is 16.6. The van der Waals surface area contributed by atoms with Crippen molar-refractivity contribution >= 4 is 11.7 Å². The zero-order valence-corrected chi connectivity index (χ0v) is 15.2. The van der Waals surface area contributed by atoms with Gasteiger partial charge in [0, 0.05) is 36.0 Å². The van der Waals surface area contributed by atoms with Crippen LogP contribution >= 0.6 is 0 Å². The summed E-state index contributed by atoms with van der Waals surface area (Å²) in [6.45, 7) is 1.42. The first kappa shape index (κ1) is 17.9. The summed E-state index contributed by atoms with van der Waals surface area (Å²) >= 11 is 0. The molecular weight excluding hydrogens is 356 g/mol. The van der Waals surface area contributed by atoms with E-state index < -0.39 is 0 Å². The Bertz CT molecular complexity index is 996. The number of benzene rings is 2. The van der Waals surface area contributed by atoms with Crippen LogP contribution in [0.25, 0.3) is 0 Å². The van der Waals surface area contributed by atoms with E-state index in [9.17, 15) is 9.59 Å². The van der Waals surface area contributed by atoms with Crippen LogP contribution in [0.1, 0.15) is 32.0 Å². The molecule has 0 saturated heterocycles. The molecule has 0 unspecified atom stereocenters. The van der Waals surface area contributed by atoms with Gasteiger partial charge < -0.3 is 19.8 Å². The zero-order chi connectivity index (χ0) is 19.3. The van der Waals surface area contributed by atoms with Gasteiger partial charge in [-0.05, 0) is 36.4 Å². The van der Waals surface area contributed by atoms with Crippen LogP contribution in [0.4, 0.5) is 0 Å². The summed E-state index contributed by atoms with van der Waals surface area (Å²) in [7, 11) is 0. The van der Waals surface area contributed by atoms with Crippen molar-refractivity contribution in [1.82, 2.24) is 10.3 Å². The Morgan fingerprint density at radius 1 is 0.929 bits per heavy atom. The van der Waals surface area contributed by atoms with E-state index in [0.717, 1.165) is 5.69 Å². The molecule has 0 fully saturated rings. The van der Waals surface area contributed by atoms with Gasteiger partial charge in [0.1, 0.15) is 13.2 Å². The van der Waals surface area contributed by atoms with Crippen molar-refractivity contribution in [2.75, 3.05) is 19.8 Å². The molecule has 1 amide bonds. The third-order valence-electron chi connectivity index (χ3n) is 4.56. The van der Waals surface area contributed by atoms with Crippen LogP contribution in [0.3, 0.4) is 0 Å². The second kappa shape index (κ2) is 8.00. The third kappa shape index (κ3) is 3.76. The standard InChI is InChI=1S/C22H20N2O4/c25-21(15-7-8-19-20(14-15)28-13-12-27-19)17-5-1-2-6-18(17)22(26)24-11-9-16-4-3-10-23-16/h1-8,10,14,23H,9,11-13H2,(H,24,26). The second-order valence-electron chi connectivity index (χ2n) is 6.43. The molecule has 1 aliphatic rings. The number of aromatic nitrogens is 1. The summed E-state index contributed by atoms with van der Waals surface area (Å²) in [6, 6.07) is 15.8. The number of carbonyl (C=O) groups excluding carboxylic acids is 2. The van der Waals surface area contributed by atoms with E-state index in [2.05, 4.69) is 10.3 Å². The topological polar surface area (TPSA) is 80.4 Å². The average molecular weight is 376 g/mol. The highest BCUT2D eigenvalue weighted by Crippen LogP contribution is 2.31. The molecule has 1 aromatic heterocycles. The van der Waals surface area contributed by atoms with Gasteiger partial charge in [0.25, 0.3) is 5.91 Å². The van der Waals surface area contributed by atoms with Crippen molar-refractivity contribution in [2.24, 2.45) is 0 Å². The molecule has 6 nitrogen and oxygen atoms in total. The highest BCUT2D eigenvalue weighted by Gasteiger charge is 2.20. The lowest BCUT2D eigenvalue weighted by Gasteiger charge is -2.18. The number of amides is 1. The Labute approximate surface area is 162 Å². The largest absolute Gasteiger partial charge is 0.486 e. The van der Waals surface area contributed by atoms with Crippen LogP contribution < -0.4 is 14.8 Å². The number of fused-ring (bicyclic) bond motifs is 1. The van der Waals surface area contributed by atoms with E-state index >= 15 is 0 Å². The van der Waals surface area contributed by atoms with Crippen molar-refractivity contribution in [2.45, 2.75) is 6.42 Å². The fourth-order valence-corrected chi connectivity index (χ4v) is 3.15. The molecule has 1 aliphatic heterocycles. The SMILES string of the molecule is O=C(NCCc1ccc[nH]1)c1ccccc1C(=O)c1ccc2c(c1)OCCO2. The van der Waals surface area contributed by atoms with Gasteiger partial charge in [-0.2, -0.15) is 0 Å². The van der Waals surface area contributed by atoms with Crippen LogP contribution in [0.2, 0.25) is 0 Å². The molecule has 0 aliphatic carbocycles. The fourth-order valence-electron chi connectivity index (χ4n) is 3.15. The first-order chi connectivity index (χ1) is 13.7. The maximum Gasteiger partial charge on any atom is 0.252 e. The molecule has 142 valence electrons. The quantitative estimate of drug-likeness (QED) is 0.648. The lowest BCUT2D eigenvalue weighted by Crippen LogP contribution is -2.27. The summed E-state index contributed by atoms with van der Waals surface area (Å²) in [5.74, 6) is 0.670. The molecule has 0 spiro atoms. The number of H-pyrrole nitrogens is 1. The maximum atomic E-state index is 13.0. The van der Waals surface area contributed by atoms with Crippen LogP contribution in [-0.4, -0.2) is 36.4 Å². The van der Waals surface area contributed by atoms with Gasteiger partial charge >= 0.3 is 0 Å². The number of hydrogen-bond donors (Lipinski definition) is 2. The molecule has 2 N–H and O–H groups in total. The summed E-state index contributed by atoms with van der Waals surface area (Å²) in [4.78, 5) is 28.8. The van der Waals surface area contributed by atoms with E-state index in [1.54, 1.807) is 42.5 Å². The Morgan fingerprint density at radius 3 is 2.50 bits per heavy atom. The predicted molar refractivity (Wildman–Crippen MR) is 104 cm³/mol. The summed E-state index contributed by atoms with van der Waals surface area (Å²) in [5, 5.41) is 2.88. The summed E-state index contributed by atoms with van der Waals surface area (Å²) < 4.78 is 11.1. The minimum absolute atomic E-state index is 0.230. The van der Waals surface area contributed by atoms with Crippen LogP contribution in [-0.2, 0) is 6.42 Å². The molecule has 2 heterocycles. The minimum Gasteiger partial charge on any atom is -0.486 e. The van der Waals surface area contributed by atoms with Gasteiger partial charge in [0.15, 0.2) is 17.3 Å². The van der Waals surface area contributed by atoms with Crippen molar-refractivity contribution in [3.05, 3.63) is 83.2 Å². The number of nitrogens with one attached hydrogen (secondary N) is 2. The van der Waals surface area contributed by atoms with Gasteiger partial charge in [-0.15, -0.1) is 0 Å². The third-order valence-corrected chi connectivity index (χ3v) is 4.56. The molecule has 0 saturated carbocycles. The van der Waals surface area contributed by atoms with Gasteiger partial charge in [-0.25, -0.2) is 0 Å². The average Bonchev–Trinajstić information content (AvgIpc) is 3.26. The zero-order valence-electron chi connectivity index (χ0n) is 15.2. The van der Waals surface area contributed by atoms with E-state index in [1.807, 2.05) is 18.3 Å². The Hall–Kier alpha value is -3.54. The number of rotatable bonds is 6. The van der Waals surface area contributed by atoms with Crippen LogP contribution in [0.5, 0.6) is 11.5 Å². The van der Waals surface area contributed by atoms with Crippen molar-refractivity contribution in [3.63, 3.8) is 0 Å². The number of ketones is 1. The van der Waals surface area contributed by atoms with E-state index in [-0.39, 0.29) is 11.7 Å². The number of aromatic amines is 1. The van der Waals surface area contributed by atoms with Gasteiger partial charge in [0.05, 0.1) is 5.56 Å². The fraction of sp³-hybridized carbons (Fsp3) is 0.182. The molecule has 2 aromatic carbocycles. The van der Waals surface area contributed by atoms with Crippen LogP contribution in [0, 0.1) is 0 Å². The normalized spacial score (nSPS) is 12.4. The molecule has 6 heteroatoms. The van der Waals surface area contributed by atoms with Crippen molar-refractivity contribution in [1.29, 1.82) is 0 Å². The first-order valence-corrected chi connectivity index (χ1v) is 9.16. The molecule has 0 radical (unpaired) electrons. The summed E-state index contributed by atoms with van der Waals surface area (Å²) in [6.07, 6.45) is 2.54. The molecular formula is C22H20N2O4. The molecule has 28 heavy (non-hydrogen) atoms. The van der Waals surface area contributed by atoms with Gasteiger partial charge in [-0.1, -0.05) is 18.2 Å². The lowest BCUT2D eigenvalue weighted by molar-refractivity contribution is 0.0942.